The van der Waals surface area contributed by atoms with Crippen molar-refractivity contribution in [3.8, 4) is 5.75 Å². The van der Waals surface area contributed by atoms with Crippen LogP contribution >= 0.6 is 0 Å². The number of hydrogen-bond donors (Lipinski definition) is 1. The maximum Gasteiger partial charge on any atom is 0.306 e. The number of hydrogen-bond acceptors (Lipinski definition) is 4. The van der Waals surface area contributed by atoms with E-state index in [4.69, 9.17) is 4.74 Å². The molecule has 0 atom stereocenters. The molecule has 0 aliphatic carbocycles. The number of ether oxygens (including phenoxy) is 2. The van der Waals surface area contributed by atoms with Crippen LogP contribution in [0.15, 0.2) is 12.1 Å². The third kappa shape index (κ3) is 3.74. The number of esters is 1. The van der Waals surface area contributed by atoms with Gasteiger partial charge in [-0.3, -0.25) is 4.79 Å². The van der Waals surface area contributed by atoms with Gasteiger partial charge in [0.05, 0.1) is 20.6 Å². The van der Waals surface area contributed by atoms with Crippen LogP contribution < -0.4 is 10.1 Å². The van der Waals surface area contributed by atoms with Crippen LogP contribution in [0.1, 0.15) is 23.1 Å². The number of carbonyl (C=O) groups excluding carboxylic acids is 1. The molecule has 100 valence electrons. The van der Waals surface area contributed by atoms with Crippen LogP contribution in [0.3, 0.4) is 0 Å². The van der Waals surface area contributed by atoms with Crippen molar-refractivity contribution in [1.29, 1.82) is 0 Å². The van der Waals surface area contributed by atoms with Crippen molar-refractivity contribution in [3.05, 3.63) is 28.8 Å². The zero-order valence-corrected chi connectivity index (χ0v) is 11.5. The van der Waals surface area contributed by atoms with E-state index in [2.05, 4.69) is 17.0 Å². The van der Waals surface area contributed by atoms with Gasteiger partial charge in [0.15, 0.2) is 0 Å². The maximum atomic E-state index is 10.9. The minimum atomic E-state index is -0.190. The van der Waals surface area contributed by atoms with Crippen LogP contribution in [0.2, 0.25) is 0 Å². The molecular formula is C14H21NO3. The first-order valence-corrected chi connectivity index (χ1v) is 6.00. The highest BCUT2D eigenvalue weighted by atomic mass is 16.5. The highest BCUT2D eigenvalue weighted by Gasteiger charge is 2.06. The molecule has 1 rings (SSSR count). The monoisotopic (exact) mass is 251 g/mol. The first-order valence-electron chi connectivity index (χ1n) is 6.00. The summed E-state index contributed by atoms with van der Waals surface area (Å²) in [5.74, 6) is 0.718. The molecule has 4 nitrogen and oxygen atoms in total. The van der Waals surface area contributed by atoms with Crippen molar-refractivity contribution in [2.24, 2.45) is 0 Å². The Kier molecular flexibility index (Phi) is 5.65. The normalized spacial score (nSPS) is 10.2. The molecular weight excluding hydrogens is 230 g/mol. The van der Waals surface area contributed by atoms with Gasteiger partial charge in [-0.05, 0) is 36.6 Å². The summed E-state index contributed by atoms with van der Waals surface area (Å²) < 4.78 is 9.85. The number of carbonyl (C=O) groups is 1. The summed E-state index contributed by atoms with van der Waals surface area (Å²) in [5, 5.41) is 3.23. The van der Waals surface area contributed by atoms with E-state index < -0.39 is 0 Å². The Labute approximate surface area is 108 Å². The molecule has 0 unspecified atom stereocenters. The van der Waals surface area contributed by atoms with E-state index in [1.165, 1.54) is 18.2 Å². The average Bonchev–Trinajstić information content (AvgIpc) is 2.39. The van der Waals surface area contributed by atoms with Crippen molar-refractivity contribution in [2.45, 2.75) is 26.8 Å². The summed E-state index contributed by atoms with van der Waals surface area (Å²) in [6.45, 7) is 5.49. The van der Waals surface area contributed by atoms with E-state index in [0.29, 0.717) is 13.0 Å². The van der Waals surface area contributed by atoms with Crippen molar-refractivity contribution in [3.63, 3.8) is 0 Å². The van der Waals surface area contributed by atoms with Gasteiger partial charge in [-0.1, -0.05) is 6.07 Å². The topological polar surface area (TPSA) is 47.6 Å². The number of benzene rings is 1. The molecule has 0 radical (unpaired) electrons. The molecule has 0 heterocycles. The van der Waals surface area contributed by atoms with Gasteiger partial charge in [0.25, 0.3) is 0 Å². The standard InChI is InChI=1S/C14H21NO3/c1-10-11(2)13(17-3)6-5-12(10)9-15-8-7-14(16)18-4/h5-6,15H,7-9H2,1-4H3. The largest absolute Gasteiger partial charge is 0.496 e. The molecule has 1 N–H and O–H groups in total. The molecule has 0 fully saturated rings. The highest BCUT2D eigenvalue weighted by molar-refractivity contribution is 5.69. The van der Waals surface area contributed by atoms with Crippen LogP contribution in [0.5, 0.6) is 5.75 Å². The minimum absolute atomic E-state index is 0.190. The lowest BCUT2D eigenvalue weighted by atomic mass is 10.0. The summed E-state index contributed by atoms with van der Waals surface area (Å²) in [7, 11) is 3.08. The second kappa shape index (κ2) is 7.01. The van der Waals surface area contributed by atoms with Gasteiger partial charge in [-0.15, -0.1) is 0 Å². The van der Waals surface area contributed by atoms with Gasteiger partial charge in [0.1, 0.15) is 5.75 Å². The molecule has 18 heavy (non-hydrogen) atoms. The quantitative estimate of drug-likeness (QED) is 0.620. The highest BCUT2D eigenvalue weighted by Crippen LogP contribution is 2.23. The van der Waals surface area contributed by atoms with Crippen LogP contribution in [0, 0.1) is 13.8 Å². The molecule has 0 saturated carbocycles. The molecule has 0 aliphatic heterocycles. The SMILES string of the molecule is COC(=O)CCNCc1ccc(OC)c(C)c1C. The van der Waals surface area contributed by atoms with Crippen molar-refractivity contribution in [2.75, 3.05) is 20.8 Å². The van der Waals surface area contributed by atoms with Gasteiger partial charge < -0.3 is 14.8 Å². The number of methoxy groups -OCH3 is 2. The molecule has 1 aromatic carbocycles. The molecule has 0 amide bonds. The second-order valence-electron chi connectivity index (χ2n) is 4.18. The van der Waals surface area contributed by atoms with Crippen LogP contribution in [-0.4, -0.2) is 26.7 Å². The molecule has 0 aliphatic rings. The summed E-state index contributed by atoms with van der Waals surface area (Å²) in [6.07, 6.45) is 0.394. The Bertz CT molecular complexity index is 416. The van der Waals surface area contributed by atoms with Crippen LogP contribution in [0.4, 0.5) is 0 Å². The van der Waals surface area contributed by atoms with Gasteiger partial charge in [-0.2, -0.15) is 0 Å². The van der Waals surface area contributed by atoms with Gasteiger partial charge in [-0.25, -0.2) is 0 Å². The lowest BCUT2D eigenvalue weighted by Crippen LogP contribution is -2.19. The van der Waals surface area contributed by atoms with E-state index in [1.807, 2.05) is 19.1 Å². The second-order valence-corrected chi connectivity index (χ2v) is 4.18. The molecule has 0 spiro atoms. The minimum Gasteiger partial charge on any atom is -0.496 e. The Hall–Kier alpha value is -1.55. The van der Waals surface area contributed by atoms with Gasteiger partial charge >= 0.3 is 5.97 Å². The summed E-state index contributed by atoms with van der Waals surface area (Å²) in [6, 6.07) is 4.02. The van der Waals surface area contributed by atoms with Crippen molar-refractivity contribution >= 4 is 5.97 Å². The van der Waals surface area contributed by atoms with Crippen LogP contribution in [-0.2, 0) is 16.1 Å². The Morgan fingerprint density at radius 2 is 1.94 bits per heavy atom. The summed E-state index contributed by atoms with van der Waals surface area (Å²) >= 11 is 0. The smallest absolute Gasteiger partial charge is 0.306 e. The van der Waals surface area contributed by atoms with Crippen LogP contribution in [0.25, 0.3) is 0 Å². The Morgan fingerprint density at radius 1 is 1.22 bits per heavy atom. The number of rotatable bonds is 6. The zero-order valence-electron chi connectivity index (χ0n) is 11.5. The summed E-state index contributed by atoms with van der Waals surface area (Å²) in [5.41, 5.74) is 3.60. The lowest BCUT2D eigenvalue weighted by Gasteiger charge is -2.13. The average molecular weight is 251 g/mol. The fourth-order valence-corrected chi connectivity index (χ4v) is 1.78. The summed E-state index contributed by atoms with van der Waals surface area (Å²) in [4.78, 5) is 10.9. The lowest BCUT2D eigenvalue weighted by molar-refractivity contribution is -0.140. The first kappa shape index (κ1) is 14.5. The zero-order chi connectivity index (χ0) is 13.5. The van der Waals surface area contributed by atoms with E-state index >= 15 is 0 Å². The van der Waals surface area contributed by atoms with Crippen molar-refractivity contribution in [1.82, 2.24) is 5.32 Å². The molecule has 4 heteroatoms. The van der Waals surface area contributed by atoms with E-state index in [-0.39, 0.29) is 5.97 Å². The van der Waals surface area contributed by atoms with Gasteiger partial charge in [0, 0.05) is 13.1 Å². The fraction of sp³-hybridized carbons (Fsp3) is 0.500. The fourth-order valence-electron chi connectivity index (χ4n) is 1.78. The molecule has 0 saturated heterocycles. The molecule has 1 aromatic rings. The predicted octanol–water partition coefficient (Wildman–Crippen LogP) is 1.96. The Morgan fingerprint density at radius 3 is 2.56 bits per heavy atom. The third-order valence-electron chi connectivity index (χ3n) is 3.12. The predicted molar refractivity (Wildman–Crippen MR) is 70.8 cm³/mol. The van der Waals surface area contributed by atoms with Crippen molar-refractivity contribution < 1.29 is 14.3 Å². The third-order valence-corrected chi connectivity index (χ3v) is 3.12. The van der Waals surface area contributed by atoms with Gasteiger partial charge in [0.2, 0.25) is 0 Å². The molecule has 0 bridgehead atoms. The van der Waals surface area contributed by atoms with E-state index in [0.717, 1.165) is 17.9 Å². The first-order chi connectivity index (χ1) is 8.60. The van der Waals surface area contributed by atoms with E-state index in [1.54, 1.807) is 7.11 Å². The maximum absolute atomic E-state index is 10.9. The molecule has 0 aromatic heterocycles. The Balaban J connectivity index is 2.53. The number of nitrogens with one attached hydrogen (secondary N) is 1. The van der Waals surface area contributed by atoms with E-state index in [9.17, 15) is 4.79 Å².